The molecule has 0 radical (unpaired) electrons. The lowest BCUT2D eigenvalue weighted by atomic mass is 10.00. The topological polar surface area (TPSA) is 137 Å². The van der Waals surface area contributed by atoms with Crippen LogP contribution in [-0.2, 0) is 40.4 Å². The number of hydrogen-bond acceptors (Lipinski definition) is 11. The van der Waals surface area contributed by atoms with E-state index in [-0.39, 0.29) is 22.5 Å². The number of thioether (sulfide) groups is 1. The SMILES string of the molecule is CC(=O)c1ccc(Sc2ccc([S+](c3ccc(Sc4ccc(C(C)=O)cc4)cc3)C3CCC(Sc4ccccc4)CC3)cc2)cc1.O=S(=O)([C-](S(=O)(=O)C(F)(F)F)S(=O)(=O)C(F)(F)F)C(F)(F)F. The van der Waals surface area contributed by atoms with E-state index in [1.165, 1.54) is 50.2 Å². The van der Waals surface area contributed by atoms with Gasteiger partial charge in [0.1, 0.15) is 5.25 Å². The molecule has 5 aromatic rings. The second-order valence-corrected chi connectivity index (χ2v) is 26.9. The van der Waals surface area contributed by atoms with Crippen molar-refractivity contribution >= 4 is 87.3 Å². The fraction of sp³-hybridized carbons (Fsp3) is 0.250. The molecule has 1 aliphatic carbocycles. The van der Waals surface area contributed by atoms with Gasteiger partial charge in [-0.05, 0) is 124 Å². The first kappa shape index (κ1) is 55.0. The second-order valence-electron chi connectivity index (χ2n) is 14.6. The highest BCUT2D eigenvalue weighted by atomic mass is 32.3. The maximum atomic E-state index is 12.0. The standard InChI is InChI=1S/C40H37O2S4.C4F9O6S3/c1-28(41)30-8-12-33(13-9-30)44-36-18-24-39(25-19-36)46(38-22-16-35(17-23-38)43-32-6-4-3-5-7-32)40-26-20-37(21-27-40)45-34-14-10-31(11-15-34)29(2)42;5-2(6,7)20(14,15)1(21(16,17)3(8,9)10)22(18,19)4(11,12)13/h3-15,18-21,24-27,35,38H,16-17,22-23H2,1-2H3;/q+1;-1. The molecule has 0 spiro atoms. The molecule has 0 unspecified atom stereocenters. The highest BCUT2D eigenvalue weighted by molar-refractivity contribution is 8.29. The lowest BCUT2D eigenvalue weighted by molar-refractivity contribution is -0.0471. The Morgan fingerprint density at radius 2 is 0.779 bits per heavy atom. The van der Waals surface area contributed by atoms with E-state index in [0.717, 1.165) is 20.9 Å². The smallest absolute Gasteiger partial charge is 0.295 e. The number of ketones is 2. The van der Waals surface area contributed by atoms with E-state index in [0.29, 0.717) is 10.5 Å². The minimum Gasteiger partial charge on any atom is -0.295 e. The summed E-state index contributed by atoms with van der Waals surface area (Å²) in [4.78, 5) is 32.2. The van der Waals surface area contributed by atoms with Gasteiger partial charge < -0.3 is 0 Å². The maximum absolute atomic E-state index is 12.0. The monoisotopic (exact) mass is 1090 g/mol. The quantitative estimate of drug-likeness (QED) is 0.0455. The Labute approximate surface area is 402 Å². The van der Waals surface area contributed by atoms with Gasteiger partial charge in [-0.3, -0.25) is 34.8 Å². The van der Waals surface area contributed by atoms with Crippen LogP contribution in [0.2, 0.25) is 0 Å². The van der Waals surface area contributed by atoms with Crippen LogP contribution >= 0.6 is 35.3 Å². The molecule has 1 saturated carbocycles. The number of halogens is 9. The molecule has 1 fully saturated rings. The van der Waals surface area contributed by atoms with Gasteiger partial charge in [0.15, 0.2) is 50.9 Å². The van der Waals surface area contributed by atoms with Gasteiger partial charge in [-0.25, -0.2) is 0 Å². The average Bonchev–Trinajstić information content (AvgIpc) is 3.25. The van der Waals surface area contributed by atoms with Gasteiger partial charge in [0.25, 0.3) is 0 Å². The molecular formula is C44H37F9O8S7. The summed E-state index contributed by atoms with van der Waals surface area (Å²) < 4.78 is 167. The van der Waals surface area contributed by atoms with E-state index >= 15 is 0 Å². The van der Waals surface area contributed by atoms with E-state index in [2.05, 4.69) is 78.9 Å². The Balaban J connectivity index is 0.000000333. The van der Waals surface area contributed by atoms with Gasteiger partial charge in [-0.2, -0.15) is 39.5 Å². The van der Waals surface area contributed by atoms with Crippen molar-refractivity contribution in [3.63, 3.8) is 0 Å². The van der Waals surface area contributed by atoms with E-state index < -0.39 is 50.0 Å². The summed E-state index contributed by atoms with van der Waals surface area (Å²) >= 11 is 5.51. The van der Waals surface area contributed by atoms with E-state index in [1.807, 2.05) is 60.3 Å². The molecule has 0 heterocycles. The van der Waals surface area contributed by atoms with Gasteiger partial charge in [0.05, 0.1) is 14.8 Å². The molecule has 366 valence electrons. The van der Waals surface area contributed by atoms with Crippen LogP contribution in [0.4, 0.5) is 39.5 Å². The van der Waals surface area contributed by atoms with Crippen molar-refractivity contribution in [1.82, 2.24) is 0 Å². The summed E-state index contributed by atoms with van der Waals surface area (Å²) in [6, 6.07) is 44.9. The zero-order chi connectivity index (χ0) is 50.5. The molecule has 0 bridgehead atoms. The number of alkyl halides is 9. The summed E-state index contributed by atoms with van der Waals surface area (Å²) in [7, 11) is -24.1. The van der Waals surface area contributed by atoms with Gasteiger partial charge in [-0.1, -0.05) is 66.0 Å². The first-order chi connectivity index (χ1) is 31.5. The zero-order valence-corrected chi connectivity index (χ0v) is 40.8. The molecule has 24 heteroatoms. The largest absolute Gasteiger partial charge is 0.470 e. The Bertz CT molecular complexity index is 2660. The Morgan fingerprint density at radius 1 is 0.471 bits per heavy atom. The normalized spacial score (nSPS) is 16.2. The van der Waals surface area contributed by atoms with Gasteiger partial charge in [-0.15, -0.1) is 11.8 Å². The van der Waals surface area contributed by atoms with Crippen molar-refractivity contribution in [1.29, 1.82) is 0 Å². The molecule has 1 aliphatic rings. The minimum absolute atomic E-state index is 0.0281. The number of sulfone groups is 3. The van der Waals surface area contributed by atoms with Crippen molar-refractivity contribution in [2.45, 2.75) is 101 Å². The molecule has 5 aromatic carbocycles. The number of Topliss-reactive ketones (excluding diaryl/α,β-unsaturated/α-hetero) is 2. The first-order valence-electron chi connectivity index (χ1n) is 19.6. The fourth-order valence-electron chi connectivity index (χ4n) is 6.41. The van der Waals surface area contributed by atoms with Gasteiger partial charge in [0, 0.05) is 40.9 Å². The third-order valence-electron chi connectivity index (χ3n) is 9.72. The number of hydrogen-bond donors (Lipinski definition) is 0. The van der Waals surface area contributed by atoms with Crippen molar-refractivity contribution < 1.29 is 74.4 Å². The van der Waals surface area contributed by atoms with E-state index in [4.69, 9.17) is 0 Å². The fourth-order valence-corrected chi connectivity index (χ4v) is 17.6. The average molecular weight is 1090 g/mol. The highest BCUT2D eigenvalue weighted by Gasteiger charge is 2.63. The molecule has 0 aromatic heterocycles. The van der Waals surface area contributed by atoms with Crippen LogP contribution in [0.3, 0.4) is 0 Å². The third-order valence-corrected chi connectivity index (χ3v) is 22.9. The van der Waals surface area contributed by atoms with Gasteiger partial charge >= 0.3 is 16.5 Å². The van der Waals surface area contributed by atoms with Crippen molar-refractivity contribution in [2.24, 2.45) is 0 Å². The van der Waals surface area contributed by atoms with E-state index in [9.17, 15) is 74.4 Å². The number of carbonyl (C=O) groups is 2. The molecule has 0 atom stereocenters. The van der Waals surface area contributed by atoms with Crippen LogP contribution in [0, 0.1) is 3.91 Å². The van der Waals surface area contributed by atoms with Crippen molar-refractivity contribution in [3.8, 4) is 0 Å². The number of benzene rings is 5. The molecule has 0 aliphatic heterocycles. The third kappa shape index (κ3) is 13.5. The van der Waals surface area contributed by atoms with Crippen LogP contribution in [0.15, 0.2) is 162 Å². The Morgan fingerprint density at radius 3 is 1.07 bits per heavy atom. The summed E-state index contributed by atoms with van der Waals surface area (Å²) in [6.45, 7) is 3.21. The Kier molecular flexibility index (Phi) is 17.8. The second kappa shape index (κ2) is 22.0. The predicted molar refractivity (Wildman–Crippen MR) is 244 cm³/mol. The lowest BCUT2D eigenvalue weighted by Gasteiger charge is -2.31. The summed E-state index contributed by atoms with van der Waals surface area (Å²) in [5, 5.41) is 1.29. The van der Waals surface area contributed by atoms with Crippen LogP contribution in [0.5, 0.6) is 0 Å². The molecule has 0 N–H and O–H groups in total. The van der Waals surface area contributed by atoms with Crippen LogP contribution in [-0.4, -0.2) is 63.8 Å². The molecular weight excluding hydrogens is 1050 g/mol. The van der Waals surface area contributed by atoms with Crippen LogP contribution < -0.4 is 0 Å². The molecule has 0 saturated heterocycles. The molecule has 8 nitrogen and oxygen atoms in total. The summed E-state index contributed by atoms with van der Waals surface area (Å²) in [6.07, 6.45) is 4.93. The summed E-state index contributed by atoms with van der Waals surface area (Å²) in [5.74, 6) is 0.186. The van der Waals surface area contributed by atoms with Crippen LogP contribution in [0.1, 0.15) is 60.2 Å². The Hall–Kier alpha value is -3.94. The molecule has 0 amide bonds. The minimum atomic E-state index is -8.02. The zero-order valence-electron chi connectivity index (χ0n) is 35.1. The summed E-state index contributed by atoms with van der Waals surface area (Å²) in [5.41, 5.74) is -19.7. The van der Waals surface area contributed by atoms with Crippen molar-refractivity contribution in [3.05, 3.63) is 142 Å². The van der Waals surface area contributed by atoms with E-state index in [1.54, 1.807) is 37.4 Å². The maximum Gasteiger partial charge on any atom is 0.470 e. The molecule has 68 heavy (non-hydrogen) atoms. The van der Waals surface area contributed by atoms with Crippen molar-refractivity contribution in [2.75, 3.05) is 0 Å². The number of rotatable bonds is 14. The highest BCUT2D eigenvalue weighted by Crippen LogP contribution is 2.48. The first-order valence-corrected chi connectivity index (χ1v) is 27.8. The van der Waals surface area contributed by atoms with Crippen LogP contribution in [0.25, 0.3) is 0 Å². The predicted octanol–water partition coefficient (Wildman–Crippen LogP) is 12.8. The lowest BCUT2D eigenvalue weighted by Crippen LogP contribution is -2.47. The van der Waals surface area contributed by atoms with Gasteiger partial charge in [0.2, 0.25) is 0 Å². The number of carbonyl (C=O) groups excluding carboxylic acids is 2. The molecule has 6 rings (SSSR count).